The molecule has 1 aromatic rings. The van der Waals surface area contributed by atoms with Crippen LogP contribution in [0.3, 0.4) is 0 Å². The third-order valence-corrected chi connectivity index (χ3v) is 3.02. The van der Waals surface area contributed by atoms with E-state index in [2.05, 4.69) is 23.1 Å². The van der Waals surface area contributed by atoms with Gasteiger partial charge in [-0.2, -0.15) is 0 Å². The Morgan fingerprint density at radius 2 is 1.80 bits per heavy atom. The zero-order chi connectivity index (χ0) is 10.5. The summed E-state index contributed by atoms with van der Waals surface area (Å²) in [5.74, 6) is 0.955. The monoisotopic (exact) mass is 205 g/mol. The minimum absolute atomic E-state index is 0.955. The molecule has 1 aromatic carbocycles. The standard InChI is InChI=1S/C13H19NO/c1-15-13-8-6-7-12(11-13)14-9-4-2-3-5-10-14/h6-8,11H,2-5,9-10H2,1H3. The molecule has 0 saturated carbocycles. The fourth-order valence-corrected chi connectivity index (χ4v) is 2.14. The third-order valence-electron chi connectivity index (χ3n) is 3.02. The maximum atomic E-state index is 5.25. The molecule has 1 fully saturated rings. The van der Waals surface area contributed by atoms with Crippen LogP contribution < -0.4 is 9.64 Å². The molecular weight excluding hydrogens is 186 g/mol. The lowest BCUT2D eigenvalue weighted by molar-refractivity contribution is 0.415. The average molecular weight is 205 g/mol. The van der Waals surface area contributed by atoms with E-state index >= 15 is 0 Å². The van der Waals surface area contributed by atoms with Gasteiger partial charge in [-0.05, 0) is 25.0 Å². The van der Waals surface area contributed by atoms with Gasteiger partial charge in [-0.25, -0.2) is 0 Å². The fourth-order valence-electron chi connectivity index (χ4n) is 2.14. The first-order chi connectivity index (χ1) is 7.40. The second kappa shape index (κ2) is 5.06. The average Bonchev–Trinajstić information content (AvgIpc) is 2.58. The molecule has 2 heteroatoms. The molecule has 15 heavy (non-hydrogen) atoms. The maximum Gasteiger partial charge on any atom is 0.120 e. The van der Waals surface area contributed by atoms with Crippen molar-refractivity contribution < 1.29 is 4.74 Å². The molecule has 1 saturated heterocycles. The molecule has 1 aliphatic heterocycles. The number of nitrogens with zero attached hydrogens (tertiary/aromatic N) is 1. The minimum Gasteiger partial charge on any atom is -0.497 e. The lowest BCUT2D eigenvalue weighted by atomic mass is 10.2. The molecule has 0 spiro atoms. The number of methoxy groups -OCH3 is 1. The van der Waals surface area contributed by atoms with E-state index in [4.69, 9.17) is 4.74 Å². The van der Waals surface area contributed by atoms with Gasteiger partial charge in [0.25, 0.3) is 0 Å². The predicted molar refractivity (Wildman–Crippen MR) is 63.7 cm³/mol. The highest BCUT2D eigenvalue weighted by atomic mass is 16.5. The van der Waals surface area contributed by atoms with Crippen LogP contribution in [0, 0.1) is 0 Å². The summed E-state index contributed by atoms with van der Waals surface area (Å²) in [5, 5.41) is 0. The second-order valence-corrected chi connectivity index (χ2v) is 4.10. The summed E-state index contributed by atoms with van der Waals surface area (Å²) in [6.45, 7) is 2.38. The smallest absolute Gasteiger partial charge is 0.120 e. The highest BCUT2D eigenvalue weighted by Crippen LogP contribution is 2.23. The fraction of sp³-hybridized carbons (Fsp3) is 0.538. The van der Waals surface area contributed by atoms with Crippen LogP contribution in [-0.4, -0.2) is 20.2 Å². The van der Waals surface area contributed by atoms with Crippen molar-refractivity contribution in [3.05, 3.63) is 24.3 Å². The van der Waals surface area contributed by atoms with E-state index in [0.29, 0.717) is 0 Å². The maximum absolute atomic E-state index is 5.25. The Hall–Kier alpha value is -1.18. The van der Waals surface area contributed by atoms with Crippen molar-refractivity contribution >= 4 is 5.69 Å². The summed E-state index contributed by atoms with van der Waals surface area (Å²) in [4.78, 5) is 2.47. The van der Waals surface area contributed by atoms with Crippen LogP contribution in [-0.2, 0) is 0 Å². The van der Waals surface area contributed by atoms with Gasteiger partial charge >= 0.3 is 0 Å². The van der Waals surface area contributed by atoms with Crippen LogP contribution in [0.25, 0.3) is 0 Å². The molecule has 1 heterocycles. The lowest BCUT2D eigenvalue weighted by Gasteiger charge is -2.22. The van der Waals surface area contributed by atoms with Crippen LogP contribution >= 0.6 is 0 Å². The topological polar surface area (TPSA) is 12.5 Å². The van der Waals surface area contributed by atoms with E-state index in [1.54, 1.807) is 7.11 Å². The Kier molecular flexibility index (Phi) is 3.49. The van der Waals surface area contributed by atoms with Crippen molar-refractivity contribution in [2.75, 3.05) is 25.1 Å². The van der Waals surface area contributed by atoms with Crippen molar-refractivity contribution in [3.8, 4) is 5.75 Å². The molecule has 0 unspecified atom stereocenters. The summed E-state index contributed by atoms with van der Waals surface area (Å²) in [5.41, 5.74) is 1.30. The van der Waals surface area contributed by atoms with Crippen molar-refractivity contribution in [2.45, 2.75) is 25.7 Å². The molecule has 0 radical (unpaired) electrons. The lowest BCUT2D eigenvalue weighted by Crippen LogP contribution is -2.23. The van der Waals surface area contributed by atoms with Gasteiger partial charge in [0, 0.05) is 24.8 Å². The minimum atomic E-state index is 0.955. The van der Waals surface area contributed by atoms with Gasteiger partial charge in [-0.1, -0.05) is 18.9 Å². The SMILES string of the molecule is COc1cccc(N2CCCCCC2)c1. The number of ether oxygens (including phenoxy) is 1. The Labute approximate surface area is 91.9 Å². The van der Waals surface area contributed by atoms with Crippen LogP contribution in [0.5, 0.6) is 5.75 Å². The Balaban J connectivity index is 2.12. The van der Waals surface area contributed by atoms with Gasteiger partial charge in [0.05, 0.1) is 7.11 Å². The summed E-state index contributed by atoms with van der Waals surface area (Å²) in [7, 11) is 1.72. The zero-order valence-electron chi connectivity index (χ0n) is 9.41. The van der Waals surface area contributed by atoms with Gasteiger partial charge in [-0.3, -0.25) is 0 Å². The molecule has 0 N–H and O–H groups in total. The van der Waals surface area contributed by atoms with E-state index in [9.17, 15) is 0 Å². The Morgan fingerprint density at radius 1 is 1.07 bits per heavy atom. The van der Waals surface area contributed by atoms with E-state index in [0.717, 1.165) is 5.75 Å². The number of benzene rings is 1. The largest absolute Gasteiger partial charge is 0.497 e. The first-order valence-corrected chi connectivity index (χ1v) is 5.79. The summed E-state index contributed by atoms with van der Waals surface area (Å²) in [6, 6.07) is 8.37. The van der Waals surface area contributed by atoms with E-state index in [1.807, 2.05) is 6.07 Å². The van der Waals surface area contributed by atoms with Crippen molar-refractivity contribution in [1.29, 1.82) is 0 Å². The van der Waals surface area contributed by atoms with Crippen LogP contribution in [0.1, 0.15) is 25.7 Å². The number of hydrogen-bond donors (Lipinski definition) is 0. The van der Waals surface area contributed by atoms with Crippen LogP contribution in [0.2, 0.25) is 0 Å². The van der Waals surface area contributed by atoms with Crippen molar-refractivity contribution in [1.82, 2.24) is 0 Å². The normalized spacial score (nSPS) is 17.3. The number of anilines is 1. The Morgan fingerprint density at radius 3 is 2.47 bits per heavy atom. The molecule has 0 aliphatic carbocycles. The van der Waals surface area contributed by atoms with Crippen molar-refractivity contribution in [3.63, 3.8) is 0 Å². The summed E-state index contributed by atoms with van der Waals surface area (Å²) in [6.07, 6.45) is 5.38. The van der Waals surface area contributed by atoms with Gasteiger partial charge in [0.15, 0.2) is 0 Å². The van der Waals surface area contributed by atoms with Gasteiger partial charge in [0.1, 0.15) is 5.75 Å². The van der Waals surface area contributed by atoms with Gasteiger partial charge < -0.3 is 9.64 Å². The van der Waals surface area contributed by atoms with Crippen LogP contribution in [0.15, 0.2) is 24.3 Å². The van der Waals surface area contributed by atoms with Gasteiger partial charge in [0.2, 0.25) is 0 Å². The molecule has 82 valence electrons. The molecular formula is C13H19NO. The Bertz CT molecular complexity index is 303. The molecule has 0 bridgehead atoms. The first-order valence-electron chi connectivity index (χ1n) is 5.79. The molecule has 0 atom stereocenters. The highest BCUT2D eigenvalue weighted by Gasteiger charge is 2.09. The number of hydrogen-bond acceptors (Lipinski definition) is 2. The highest BCUT2D eigenvalue weighted by molar-refractivity contribution is 5.50. The summed E-state index contributed by atoms with van der Waals surface area (Å²) >= 11 is 0. The molecule has 0 amide bonds. The summed E-state index contributed by atoms with van der Waals surface area (Å²) < 4.78 is 5.25. The van der Waals surface area contributed by atoms with E-state index in [1.165, 1.54) is 44.5 Å². The number of rotatable bonds is 2. The zero-order valence-corrected chi connectivity index (χ0v) is 9.41. The van der Waals surface area contributed by atoms with Gasteiger partial charge in [-0.15, -0.1) is 0 Å². The predicted octanol–water partition coefficient (Wildman–Crippen LogP) is 3.08. The van der Waals surface area contributed by atoms with Crippen molar-refractivity contribution in [2.24, 2.45) is 0 Å². The quantitative estimate of drug-likeness (QED) is 0.735. The third kappa shape index (κ3) is 2.65. The van der Waals surface area contributed by atoms with Crippen LogP contribution in [0.4, 0.5) is 5.69 Å². The molecule has 2 nitrogen and oxygen atoms in total. The first kappa shape index (κ1) is 10.3. The molecule has 0 aromatic heterocycles. The van der Waals surface area contributed by atoms with E-state index < -0.39 is 0 Å². The second-order valence-electron chi connectivity index (χ2n) is 4.10. The molecule has 2 rings (SSSR count). The molecule has 1 aliphatic rings. The van der Waals surface area contributed by atoms with E-state index in [-0.39, 0.29) is 0 Å².